The predicted octanol–water partition coefficient (Wildman–Crippen LogP) is 1.30. The molecule has 0 aromatic carbocycles. The van der Waals surface area contributed by atoms with E-state index in [4.69, 9.17) is 5.26 Å². The summed E-state index contributed by atoms with van der Waals surface area (Å²) in [6.45, 7) is 7.79. The molecule has 1 aliphatic heterocycles. The Morgan fingerprint density at radius 1 is 1.32 bits per heavy atom. The van der Waals surface area contributed by atoms with E-state index in [1.165, 1.54) is 0 Å². The normalized spacial score (nSPS) is 20.3. The van der Waals surface area contributed by atoms with Crippen molar-refractivity contribution in [1.29, 1.82) is 5.26 Å². The summed E-state index contributed by atoms with van der Waals surface area (Å²) >= 11 is 0. The highest BCUT2D eigenvalue weighted by atomic mass is 16.2. The molecule has 5 nitrogen and oxygen atoms in total. The molecule has 1 N–H and O–H groups in total. The van der Waals surface area contributed by atoms with Crippen LogP contribution in [0.25, 0.3) is 0 Å². The van der Waals surface area contributed by atoms with Crippen molar-refractivity contribution < 1.29 is 9.59 Å². The lowest BCUT2D eigenvalue weighted by Crippen LogP contribution is -2.43. The number of nitrogens with zero attached hydrogens (tertiary/aromatic N) is 2. The van der Waals surface area contributed by atoms with Gasteiger partial charge in [0.1, 0.15) is 6.54 Å². The molecule has 0 aromatic rings. The molecule has 1 heterocycles. The lowest BCUT2D eigenvalue weighted by atomic mass is 9.77. The number of nitriles is 1. The van der Waals surface area contributed by atoms with Crippen LogP contribution in [0.4, 0.5) is 0 Å². The van der Waals surface area contributed by atoms with Crippen LogP contribution in [-0.2, 0) is 9.59 Å². The van der Waals surface area contributed by atoms with Crippen LogP contribution in [0.2, 0.25) is 0 Å². The highest BCUT2D eigenvalue weighted by molar-refractivity contribution is 6.35. The molecule has 0 aromatic heterocycles. The first-order valence-corrected chi connectivity index (χ1v) is 6.80. The molecule has 0 aliphatic carbocycles. The van der Waals surface area contributed by atoms with Crippen molar-refractivity contribution in [3.63, 3.8) is 0 Å². The van der Waals surface area contributed by atoms with E-state index in [1.54, 1.807) is 11.0 Å². The molecule has 2 amide bonds. The fraction of sp³-hybridized carbons (Fsp3) is 0.786. The SMILES string of the molecule is CC(C)(C)C1CCCN(C(=O)C(=O)NCC#N)CC1. The van der Waals surface area contributed by atoms with E-state index < -0.39 is 11.8 Å². The van der Waals surface area contributed by atoms with Gasteiger partial charge in [-0.25, -0.2) is 0 Å². The van der Waals surface area contributed by atoms with Gasteiger partial charge in [0.25, 0.3) is 0 Å². The molecule has 1 saturated heterocycles. The molecule has 0 saturated carbocycles. The Kier molecular flexibility index (Phi) is 5.34. The lowest BCUT2D eigenvalue weighted by Gasteiger charge is -2.29. The molecule has 0 radical (unpaired) electrons. The monoisotopic (exact) mass is 265 g/mol. The molecule has 1 aliphatic rings. The average molecular weight is 265 g/mol. The standard InChI is InChI=1S/C14H23N3O2/c1-14(2,3)11-5-4-9-17(10-6-11)13(19)12(18)16-8-7-15/h11H,4-6,8-10H2,1-3H3,(H,16,18). The first-order valence-electron chi connectivity index (χ1n) is 6.80. The number of carbonyl (C=O) groups excluding carboxylic acids is 2. The molecule has 1 unspecified atom stereocenters. The Morgan fingerprint density at radius 3 is 2.58 bits per heavy atom. The molecule has 19 heavy (non-hydrogen) atoms. The Hall–Kier alpha value is -1.57. The van der Waals surface area contributed by atoms with E-state index in [0.29, 0.717) is 19.0 Å². The van der Waals surface area contributed by atoms with Crippen molar-refractivity contribution >= 4 is 11.8 Å². The van der Waals surface area contributed by atoms with Gasteiger partial charge in [0.2, 0.25) is 0 Å². The smallest absolute Gasteiger partial charge is 0.311 e. The van der Waals surface area contributed by atoms with Crippen molar-refractivity contribution in [2.45, 2.75) is 40.0 Å². The zero-order valence-corrected chi connectivity index (χ0v) is 12.0. The molecule has 0 bridgehead atoms. The lowest BCUT2D eigenvalue weighted by molar-refractivity contribution is -0.145. The minimum Gasteiger partial charge on any atom is -0.335 e. The summed E-state index contributed by atoms with van der Waals surface area (Å²) in [5.41, 5.74) is 0.238. The van der Waals surface area contributed by atoms with Gasteiger partial charge in [-0.15, -0.1) is 0 Å². The maximum absolute atomic E-state index is 11.9. The minimum absolute atomic E-state index is 0.122. The molecule has 1 atom stereocenters. The van der Waals surface area contributed by atoms with Crippen LogP contribution in [0.3, 0.4) is 0 Å². The van der Waals surface area contributed by atoms with Crippen LogP contribution < -0.4 is 5.32 Å². The van der Waals surface area contributed by atoms with Crippen LogP contribution in [0.15, 0.2) is 0 Å². The summed E-state index contributed by atoms with van der Waals surface area (Å²) in [6, 6.07) is 1.79. The van der Waals surface area contributed by atoms with E-state index in [0.717, 1.165) is 19.3 Å². The van der Waals surface area contributed by atoms with Gasteiger partial charge in [0.15, 0.2) is 0 Å². The second-order valence-electron chi connectivity index (χ2n) is 6.13. The van der Waals surface area contributed by atoms with Gasteiger partial charge in [-0.2, -0.15) is 5.26 Å². The van der Waals surface area contributed by atoms with E-state index in [-0.39, 0.29) is 12.0 Å². The summed E-state index contributed by atoms with van der Waals surface area (Å²) in [6.07, 6.45) is 2.95. The molecule has 1 fully saturated rings. The number of nitrogens with one attached hydrogen (secondary N) is 1. The molecular weight excluding hydrogens is 242 g/mol. The van der Waals surface area contributed by atoms with Gasteiger partial charge in [0.05, 0.1) is 6.07 Å². The van der Waals surface area contributed by atoms with E-state index >= 15 is 0 Å². The third-order valence-corrected chi connectivity index (χ3v) is 3.76. The highest BCUT2D eigenvalue weighted by Gasteiger charge is 2.30. The Balaban J connectivity index is 2.55. The second-order valence-corrected chi connectivity index (χ2v) is 6.13. The Morgan fingerprint density at radius 2 is 2.00 bits per heavy atom. The molecular formula is C14H23N3O2. The highest BCUT2D eigenvalue weighted by Crippen LogP contribution is 2.34. The van der Waals surface area contributed by atoms with Crippen LogP contribution in [0.1, 0.15) is 40.0 Å². The van der Waals surface area contributed by atoms with Crippen molar-refractivity contribution in [3.8, 4) is 6.07 Å². The largest absolute Gasteiger partial charge is 0.335 e. The summed E-state index contributed by atoms with van der Waals surface area (Å²) in [5, 5.41) is 10.7. The summed E-state index contributed by atoms with van der Waals surface area (Å²) in [4.78, 5) is 25.1. The van der Waals surface area contributed by atoms with Gasteiger partial charge < -0.3 is 10.2 Å². The maximum Gasteiger partial charge on any atom is 0.311 e. The number of amides is 2. The average Bonchev–Trinajstić information content (AvgIpc) is 2.60. The number of hydrogen-bond acceptors (Lipinski definition) is 3. The fourth-order valence-corrected chi connectivity index (χ4v) is 2.50. The topological polar surface area (TPSA) is 73.2 Å². The number of rotatable bonds is 1. The third-order valence-electron chi connectivity index (χ3n) is 3.76. The van der Waals surface area contributed by atoms with Crippen molar-refractivity contribution in [2.75, 3.05) is 19.6 Å². The molecule has 1 rings (SSSR count). The fourth-order valence-electron chi connectivity index (χ4n) is 2.50. The van der Waals surface area contributed by atoms with E-state index in [2.05, 4.69) is 26.1 Å². The Labute approximate surface area is 115 Å². The van der Waals surface area contributed by atoms with Gasteiger partial charge >= 0.3 is 11.8 Å². The third kappa shape index (κ3) is 4.55. The summed E-state index contributed by atoms with van der Waals surface area (Å²) < 4.78 is 0. The van der Waals surface area contributed by atoms with Crippen LogP contribution >= 0.6 is 0 Å². The quantitative estimate of drug-likeness (QED) is 0.573. The summed E-state index contributed by atoms with van der Waals surface area (Å²) in [7, 11) is 0. The zero-order chi connectivity index (χ0) is 14.5. The minimum atomic E-state index is -0.671. The van der Waals surface area contributed by atoms with Gasteiger partial charge in [0, 0.05) is 13.1 Å². The van der Waals surface area contributed by atoms with Crippen LogP contribution in [0, 0.1) is 22.7 Å². The number of likely N-dealkylation sites (tertiary alicyclic amines) is 1. The van der Waals surface area contributed by atoms with Gasteiger partial charge in [-0.3, -0.25) is 9.59 Å². The zero-order valence-electron chi connectivity index (χ0n) is 12.0. The first kappa shape index (κ1) is 15.5. The maximum atomic E-state index is 11.9. The van der Waals surface area contributed by atoms with E-state index in [1.807, 2.05) is 0 Å². The van der Waals surface area contributed by atoms with Gasteiger partial charge in [-0.1, -0.05) is 20.8 Å². The van der Waals surface area contributed by atoms with Crippen molar-refractivity contribution in [2.24, 2.45) is 11.3 Å². The van der Waals surface area contributed by atoms with Crippen molar-refractivity contribution in [1.82, 2.24) is 10.2 Å². The second kappa shape index (κ2) is 6.55. The Bertz CT molecular complexity index is 379. The van der Waals surface area contributed by atoms with Crippen molar-refractivity contribution in [3.05, 3.63) is 0 Å². The molecule has 106 valence electrons. The number of hydrogen-bond donors (Lipinski definition) is 1. The molecule has 5 heteroatoms. The number of carbonyl (C=O) groups is 2. The summed E-state index contributed by atoms with van der Waals surface area (Å²) in [5.74, 6) is -0.604. The van der Waals surface area contributed by atoms with Crippen LogP contribution in [0.5, 0.6) is 0 Å². The van der Waals surface area contributed by atoms with Crippen LogP contribution in [-0.4, -0.2) is 36.3 Å². The first-order chi connectivity index (χ1) is 8.86. The molecule has 0 spiro atoms. The predicted molar refractivity (Wildman–Crippen MR) is 72.0 cm³/mol. The van der Waals surface area contributed by atoms with E-state index in [9.17, 15) is 9.59 Å². The van der Waals surface area contributed by atoms with Gasteiger partial charge in [-0.05, 0) is 30.6 Å².